The predicted molar refractivity (Wildman–Crippen MR) is 254 cm³/mol. The van der Waals surface area contributed by atoms with Crippen LogP contribution in [0.5, 0.6) is 0 Å². The molecule has 6 nitrogen and oxygen atoms in total. The number of aliphatic carboxylic acids is 1. The van der Waals surface area contributed by atoms with Gasteiger partial charge in [-0.15, -0.1) is 37.2 Å². The molecule has 3 heterocycles. The average molecular weight is 878 g/mol. The normalized spacial score (nSPS) is 27.3. The van der Waals surface area contributed by atoms with Crippen molar-refractivity contribution in [2.45, 2.75) is 209 Å². The van der Waals surface area contributed by atoms with E-state index in [9.17, 15) is 9.59 Å². The number of nitrogens with zero attached hydrogens (tertiary/aromatic N) is 1. The number of carbonyl (C=O) groups is 2. The second-order valence-electron chi connectivity index (χ2n) is 21.1. The van der Waals surface area contributed by atoms with Gasteiger partial charge in [0.25, 0.3) is 0 Å². The lowest BCUT2D eigenvalue weighted by Crippen LogP contribution is -2.38. The highest BCUT2D eigenvalue weighted by Gasteiger charge is 2.52. The molecule has 342 valence electrons. The Labute approximate surface area is 376 Å². The van der Waals surface area contributed by atoms with E-state index in [0.717, 1.165) is 45.1 Å². The van der Waals surface area contributed by atoms with Crippen molar-refractivity contribution in [2.75, 3.05) is 45.8 Å². The third-order valence-electron chi connectivity index (χ3n) is 16.4. The largest absolute Gasteiger partial charge is 0.481 e. The fourth-order valence-corrected chi connectivity index (χ4v) is 12.2. The summed E-state index contributed by atoms with van der Waals surface area (Å²) in [4.78, 5) is 24.2. The minimum atomic E-state index is -0.605. The number of carboxylic acids is 1. The number of rotatable bonds is 2. The van der Waals surface area contributed by atoms with E-state index in [1.54, 1.807) is 11.1 Å². The summed E-state index contributed by atoms with van der Waals surface area (Å²) < 4.78 is 0. The number of carbonyl (C=O) groups excluding carboxylic acids is 1. The van der Waals surface area contributed by atoms with Crippen LogP contribution in [-0.4, -0.2) is 67.6 Å². The number of ketones is 1. The average Bonchev–Trinajstić information content (AvgIpc) is 3.80. The molecule has 1 unspecified atom stereocenters. The van der Waals surface area contributed by atoms with Crippen molar-refractivity contribution in [3.63, 3.8) is 0 Å². The monoisotopic (exact) mass is 876 g/mol. The number of hydrogen-bond donors (Lipinski definition) is 3. The molecular formula is C49H92Cl3N3O3. The Morgan fingerprint density at radius 1 is 0.603 bits per heavy atom. The van der Waals surface area contributed by atoms with Gasteiger partial charge in [-0.05, 0) is 125 Å². The number of nitrogens with one attached hydrogen (secondary N) is 2. The first kappa shape index (κ1) is 55.6. The van der Waals surface area contributed by atoms with Crippen LogP contribution >= 0.6 is 37.2 Å². The lowest BCUT2D eigenvalue weighted by Gasteiger charge is -2.43. The van der Waals surface area contributed by atoms with Crippen LogP contribution in [0.3, 0.4) is 0 Å². The van der Waals surface area contributed by atoms with Gasteiger partial charge < -0.3 is 20.6 Å². The van der Waals surface area contributed by atoms with Crippen LogP contribution < -0.4 is 10.6 Å². The molecule has 5 saturated carbocycles. The van der Waals surface area contributed by atoms with Crippen molar-refractivity contribution in [3.8, 4) is 0 Å². The molecule has 3 N–H and O–H groups in total. The Balaban J connectivity index is 0.000000364. The fraction of sp³-hybridized carbons (Fsp3) is 0.918. The second kappa shape index (κ2) is 26.3. The summed E-state index contributed by atoms with van der Waals surface area (Å²) in [5.41, 5.74) is 5.82. The smallest absolute Gasteiger partial charge is 0.308 e. The van der Waals surface area contributed by atoms with E-state index in [-0.39, 0.29) is 48.6 Å². The van der Waals surface area contributed by atoms with Crippen LogP contribution in [0.4, 0.5) is 0 Å². The number of Topliss-reactive ketones (excluding diaryl/α,β-unsaturated/α-hetero) is 1. The maximum Gasteiger partial charge on any atom is 0.308 e. The highest BCUT2D eigenvalue weighted by atomic mass is 35.5. The highest BCUT2D eigenvalue weighted by molar-refractivity contribution is 5.86. The van der Waals surface area contributed by atoms with Gasteiger partial charge in [0.05, 0.1) is 5.92 Å². The zero-order valence-electron chi connectivity index (χ0n) is 38.6. The highest BCUT2D eigenvalue weighted by Crippen LogP contribution is 2.54. The Bertz CT molecular complexity index is 1200. The molecule has 0 aromatic rings. The third-order valence-corrected chi connectivity index (χ3v) is 16.4. The lowest BCUT2D eigenvalue weighted by atomic mass is 9.61. The standard InChI is InChI=1S/C13H25N.C11H21N.C10H17NO2.C9H16.C6H10O.3ClH/c1-4-14-10-12(2,3)13(11-14)8-6-5-7-9-13;1-10(2)8-12-9-11(10)6-4-3-5-7-11;12-9(13)8-6-11-7-10(8)4-2-1-3-5-10;1-8(2)9-6-4-3-5-7-9;7-6-4-2-1-3-5-6;;;/h4-11H2,1-3H3;12H,3-9H2,1-2H3;8,11H,1-7H2,(H,12,13);3-7H2,1-2H3;1-5H2;3*1H. The number of hydrogen-bond acceptors (Lipinski definition) is 5. The molecule has 5 aliphatic carbocycles. The van der Waals surface area contributed by atoms with Crippen molar-refractivity contribution in [1.82, 2.24) is 15.5 Å². The summed E-state index contributed by atoms with van der Waals surface area (Å²) in [6.45, 7) is 24.7. The molecule has 1 atom stereocenters. The number of allylic oxidation sites excluding steroid dienone is 2. The molecule has 3 aliphatic heterocycles. The zero-order chi connectivity index (χ0) is 40.0. The fourth-order valence-electron chi connectivity index (χ4n) is 12.2. The minimum absolute atomic E-state index is 0. The predicted octanol–water partition coefficient (Wildman–Crippen LogP) is 13.2. The first-order valence-electron chi connectivity index (χ1n) is 23.7. The summed E-state index contributed by atoms with van der Waals surface area (Å²) >= 11 is 0. The lowest BCUT2D eigenvalue weighted by molar-refractivity contribution is -0.145. The van der Waals surface area contributed by atoms with E-state index in [1.165, 1.54) is 155 Å². The molecule has 0 bridgehead atoms. The molecule has 8 aliphatic rings. The third kappa shape index (κ3) is 15.2. The molecule has 3 saturated heterocycles. The van der Waals surface area contributed by atoms with Gasteiger partial charge in [-0.2, -0.15) is 0 Å². The van der Waals surface area contributed by atoms with Gasteiger partial charge in [0, 0.05) is 52.1 Å². The summed E-state index contributed by atoms with van der Waals surface area (Å²) in [6, 6.07) is 0. The molecule has 9 heteroatoms. The molecule has 0 aromatic heterocycles. The Hall–Kier alpha value is -0.370. The van der Waals surface area contributed by atoms with Gasteiger partial charge in [0.2, 0.25) is 0 Å². The second-order valence-corrected chi connectivity index (χ2v) is 21.1. The van der Waals surface area contributed by atoms with Crippen molar-refractivity contribution >= 4 is 49.0 Å². The first-order chi connectivity index (χ1) is 26.2. The number of halogens is 3. The maximum absolute atomic E-state index is 11.0. The number of carboxylic acid groups (broad SMARTS) is 1. The van der Waals surface area contributed by atoms with Crippen LogP contribution in [0.2, 0.25) is 0 Å². The van der Waals surface area contributed by atoms with Crippen LogP contribution in [0, 0.1) is 33.0 Å². The zero-order valence-corrected chi connectivity index (χ0v) is 41.1. The Kier molecular flexibility index (Phi) is 25.2. The van der Waals surface area contributed by atoms with Crippen molar-refractivity contribution in [2.24, 2.45) is 33.0 Å². The molecule has 8 fully saturated rings. The van der Waals surface area contributed by atoms with Crippen LogP contribution in [0.1, 0.15) is 209 Å². The van der Waals surface area contributed by atoms with Crippen LogP contribution in [-0.2, 0) is 9.59 Å². The quantitative estimate of drug-likeness (QED) is 0.240. The Morgan fingerprint density at radius 3 is 1.45 bits per heavy atom. The summed E-state index contributed by atoms with van der Waals surface area (Å²) in [5.74, 6) is -0.272. The summed E-state index contributed by atoms with van der Waals surface area (Å²) in [5, 5.41) is 15.9. The van der Waals surface area contributed by atoms with Crippen LogP contribution in [0.25, 0.3) is 0 Å². The molecule has 8 rings (SSSR count). The van der Waals surface area contributed by atoms with E-state index in [2.05, 4.69) is 64.0 Å². The van der Waals surface area contributed by atoms with Gasteiger partial charge in [-0.1, -0.05) is 116 Å². The Morgan fingerprint density at radius 2 is 1.07 bits per heavy atom. The van der Waals surface area contributed by atoms with Gasteiger partial charge >= 0.3 is 5.97 Å². The van der Waals surface area contributed by atoms with Crippen LogP contribution in [0.15, 0.2) is 11.1 Å². The minimum Gasteiger partial charge on any atom is -0.481 e. The van der Waals surface area contributed by atoms with Gasteiger partial charge in [-0.3, -0.25) is 9.59 Å². The van der Waals surface area contributed by atoms with Gasteiger partial charge in [0.1, 0.15) is 5.78 Å². The van der Waals surface area contributed by atoms with Crippen molar-refractivity contribution in [3.05, 3.63) is 11.1 Å². The number of likely N-dealkylation sites (tertiary alicyclic amines) is 1. The van der Waals surface area contributed by atoms with E-state index in [0.29, 0.717) is 34.0 Å². The molecule has 0 aromatic carbocycles. The molecule has 58 heavy (non-hydrogen) atoms. The molecule has 0 radical (unpaired) electrons. The molecule has 3 spiro atoms. The van der Waals surface area contributed by atoms with E-state index in [1.807, 2.05) is 0 Å². The van der Waals surface area contributed by atoms with Gasteiger partial charge in [-0.25, -0.2) is 0 Å². The molecule has 0 amide bonds. The van der Waals surface area contributed by atoms with Crippen molar-refractivity contribution < 1.29 is 14.7 Å². The maximum atomic E-state index is 11.0. The topological polar surface area (TPSA) is 81.7 Å². The van der Waals surface area contributed by atoms with Gasteiger partial charge in [0.15, 0.2) is 0 Å². The SMILES string of the molecule is CC(C)=C1CCCCC1.CC1(C)CNCC12CCCCC2.CCN1CC(C)(C)C2(CCCCC2)C1.Cl.Cl.Cl.O=C(O)C1CNCC12CCCCC2.O=C1CCCCC1. The summed E-state index contributed by atoms with van der Waals surface area (Å²) in [7, 11) is 0. The van der Waals surface area contributed by atoms with Crippen molar-refractivity contribution in [1.29, 1.82) is 0 Å². The summed E-state index contributed by atoms with van der Waals surface area (Å²) in [6.07, 6.45) is 33.0. The van der Waals surface area contributed by atoms with E-state index >= 15 is 0 Å². The molecular weight excluding hydrogens is 785 g/mol. The van der Waals surface area contributed by atoms with E-state index in [4.69, 9.17) is 5.11 Å². The van der Waals surface area contributed by atoms with E-state index < -0.39 is 5.97 Å². The first-order valence-corrected chi connectivity index (χ1v) is 23.7.